The second kappa shape index (κ2) is 6.76. The van der Waals surface area contributed by atoms with E-state index in [4.69, 9.17) is 0 Å². The van der Waals surface area contributed by atoms with Crippen molar-refractivity contribution in [3.63, 3.8) is 0 Å². The van der Waals surface area contributed by atoms with Crippen molar-refractivity contribution in [1.29, 1.82) is 0 Å². The van der Waals surface area contributed by atoms with Crippen molar-refractivity contribution >= 4 is 28.8 Å². The van der Waals surface area contributed by atoms with Crippen molar-refractivity contribution in [3.05, 3.63) is 89.7 Å². The Balaban J connectivity index is 1.72. The highest BCUT2D eigenvalue weighted by Gasteiger charge is 2.16. The van der Waals surface area contributed by atoms with E-state index in [1.165, 1.54) is 40.2 Å². The normalized spacial score (nSPS) is 14.0. The minimum atomic E-state index is -0.476. The summed E-state index contributed by atoms with van der Waals surface area (Å²) < 4.78 is 15.4. The van der Waals surface area contributed by atoms with Crippen LogP contribution in [0.3, 0.4) is 0 Å². The molecule has 1 aliphatic heterocycles. The molecule has 0 spiro atoms. The number of non-ortho nitro benzene ring substituents is 1. The van der Waals surface area contributed by atoms with E-state index in [-0.39, 0.29) is 23.7 Å². The number of benzene rings is 2. The molecule has 2 heterocycles. The molecule has 7 nitrogen and oxygen atoms in total. The smallest absolute Gasteiger partial charge is 0.271 e. The van der Waals surface area contributed by atoms with Crippen LogP contribution in [0.15, 0.2) is 58.3 Å². The zero-order chi connectivity index (χ0) is 19.0. The average Bonchev–Trinajstić information content (AvgIpc) is 2.97. The van der Waals surface area contributed by atoms with Gasteiger partial charge in [0, 0.05) is 17.8 Å². The van der Waals surface area contributed by atoms with E-state index >= 15 is 0 Å². The van der Waals surface area contributed by atoms with Crippen LogP contribution in [0.25, 0.3) is 6.08 Å². The predicted molar refractivity (Wildman–Crippen MR) is 99.8 cm³/mol. The molecule has 0 atom stereocenters. The number of anilines is 1. The third-order valence-electron chi connectivity index (χ3n) is 4.13. The van der Waals surface area contributed by atoms with Crippen LogP contribution in [-0.2, 0) is 6.67 Å². The number of nitrogens with zero attached hydrogens (tertiary/aromatic N) is 4. The minimum Gasteiger partial charge on any atom is -0.333 e. The van der Waals surface area contributed by atoms with Gasteiger partial charge in [-0.1, -0.05) is 29.5 Å². The molecule has 4 rings (SSSR count). The molecule has 27 heavy (non-hydrogen) atoms. The summed E-state index contributed by atoms with van der Waals surface area (Å²) in [4.78, 5) is 29.9. The highest BCUT2D eigenvalue weighted by atomic mass is 32.1. The van der Waals surface area contributed by atoms with E-state index in [0.29, 0.717) is 27.3 Å². The Bertz CT molecular complexity index is 1220. The van der Waals surface area contributed by atoms with Crippen LogP contribution in [0.4, 0.5) is 15.8 Å². The molecular formula is C18H13FN4O3S. The van der Waals surface area contributed by atoms with Gasteiger partial charge in [-0.3, -0.25) is 19.5 Å². The lowest BCUT2D eigenvalue weighted by molar-refractivity contribution is -0.384. The average molecular weight is 384 g/mol. The molecule has 0 N–H and O–H groups in total. The summed E-state index contributed by atoms with van der Waals surface area (Å²) in [5, 5.41) is 10.9. The van der Waals surface area contributed by atoms with E-state index in [9.17, 15) is 19.3 Å². The van der Waals surface area contributed by atoms with Gasteiger partial charge < -0.3 is 4.90 Å². The first-order chi connectivity index (χ1) is 13.0. The lowest BCUT2D eigenvalue weighted by Gasteiger charge is -2.25. The minimum absolute atomic E-state index is 0.0351. The molecule has 0 aliphatic carbocycles. The maximum Gasteiger partial charge on any atom is 0.271 e. The first-order valence-corrected chi connectivity index (χ1v) is 8.84. The highest BCUT2D eigenvalue weighted by Crippen LogP contribution is 2.17. The molecule has 136 valence electrons. The van der Waals surface area contributed by atoms with Gasteiger partial charge in [0.1, 0.15) is 19.2 Å². The van der Waals surface area contributed by atoms with Gasteiger partial charge >= 0.3 is 0 Å². The molecule has 1 aliphatic rings. The van der Waals surface area contributed by atoms with E-state index in [1.807, 2.05) is 0 Å². The molecule has 0 saturated carbocycles. The van der Waals surface area contributed by atoms with E-state index in [0.717, 1.165) is 0 Å². The van der Waals surface area contributed by atoms with E-state index in [2.05, 4.69) is 4.99 Å². The van der Waals surface area contributed by atoms with Gasteiger partial charge in [-0.2, -0.15) is 0 Å². The molecule has 3 aromatic rings. The Morgan fingerprint density at radius 1 is 1.22 bits per heavy atom. The molecule has 1 aromatic heterocycles. The highest BCUT2D eigenvalue weighted by molar-refractivity contribution is 7.07. The van der Waals surface area contributed by atoms with Gasteiger partial charge in [0.2, 0.25) is 0 Å². The molecule has 0 amide bonds. The van der Waals surface area contributed by atoms with Gasteiger partial charge in [0.25, 0.3) is 11.2 Å². The molecule has 0 saturated heterocycles. The number of hydrogen-bond donors (Lipinski definition) is 0. The van der Waals surface area contributed by atoms with Crippen LogP contribution in [-0.4, -0.2) is 16.2 Å². The maximum atomic E-state index is 13.5. The van der Waals surface area contributed by atoms with Crippen molar-refractivity contribution in [2.75, 3.05) is 11.6 Å². The number of hydrogen-bond acceptors (Lipinski definition) is 6. The van der Waals surface area contributed by atoms with Gasteiger partial charge in [-0.15, -0.1) is 0 Å². The number of nitro benzene ring substituents is 1. The number of aromatic nitrogens is 1. The van der Waals surface area contributed by atoms with Crippen LogP contribution in [0, 0.1) is 15.9 Å². The number of nitro groups is 1. The molecule has 0 radical (unpaired) electrons. The summed E-state index contributed by atoms with van der Waals surface area (Å²) in [5.41, 5.74) is 0.952. The summed E-state index contributed by atoms with van der Waals surface area (Å²) >= 11 is 1.23. The zero-order valence-electron chi connectivity index (χ0n) is 13.9. The maximum absolute atomic E-state index is 13.5. The summed E-state index contributed by atoms with van der Waals surface area (Å²) in [6, 6.07) is 12.2. The molecule has 0 bridgehead atoms. The molecule has 0 fully saturated rings. The number of thiazole rings is 1. The lowest BCUT2D eigenvalue weighted by Crippen LogP contribution is -2.42. The topological polar surface area (TPSA) is 80.7 Å². The summed E-state index contributed by atoms with van der Waals surface area (Å²) in [7, 11) is 0. The third-order valence-corrected chi connectivity index (χ3v) is 5.17. The van der Waals surface area contributed by atoms with Crippen molar-refractivity contribution in [1.82, 2.24) is 4.57 Å². The van der Waals surface area contributed by atoms with Gasteiger partial charge in [-0.05, 0) is 29.8 Å². The van der Waals surface area contributed by atoms with Gasteiger partial charge in [-0.25, -0.2) is 9.38 Å². The largest absolute Gasteiger partial charge is 0.333 e. The molecule has 9 heteroatoms. The number of halogens is 1. The Morgan fingerprint density at radius 3 is 2.81 bits per heavy atom. The van der Waals surface area contributed by atoms with Crippen LogP contribution in [0.1, 0.15) is 5.56 Å². The molecule has 2 aromatic carbocycles. The summed E-state index contributed by atoms with van der Waals surface area (Å²) in [5.74, 6) is -0.351. The number of rotatable bonds is 3. The SMILES string of the molecule is O=c1c(=Cc2cccc([N+](=O)[O-])c2)sc2n1CN(c1cccc(F)c1)CN=2. The fourth-order valence-corrected chi connectivity index (χ4v) is 3.79. The van der Waals surface area contributed by atoms with Crippen LogP contribution in [0.5, 0.6) is 0 Å². The van der Waals surface area contributed by atoms with Crippen molar-refractivity contribution in [3.8, 4) is 0 Å². The van der Waals surface area contributed by atoms with Crippen molar-refractivity contribution in [2.45, 2.75) is 6.67 Å². The Kier molecular flexibility index (Phi) is 4.28. The van der Waals surface area contributed by atoms with Crippen molar-refractivity contribution < 1.29 is 9.31 Å². The molecular weight excluding hydrogens is 371 g/mol. The first-order valence-electron chi connectivity index (χ1n) is 8.02. The lowest BCUT2D eigenvalue weighted by atomic mass is 10.2. The Labute approximate surface area is 156 Å². The van der Waals surface area contributed by atoms with Crippen molar-refractivity contribution in [2.24, 2.45) is 4.99 Å². The second-order valence-electron chi connectivity index (χ2n) is 5.94. The monoisotopic (exact) mass is 384 g/mol. The van der Waals surface area contributed by atoms with E-state index in [1.54, 1.807) is 35.2 Å². The summed E-state index contributed by atoms with van der Waals surface area (Å²) in [6.45, 7) is 0.583. The second-order valence-corrected chi connectivity index (χ2v) is 6.95. The first kappa shape index (κ1) is 17.1. The van der Waals surface area contributed by atoms with Crippen LogP contribution < -0.4 is 19.8 Å². The fraction of sp³-hybridized carbons (Fsp3) is 0.111. The quantitative estimate of drug-likeness (QED) is 0.510. The van der Waals surface area contributed by atoms with Crippen LogP contribution >= 0.6 is 11.3 Å². The third kappa shape index (κ3) is 3.36. The van der Waals surface area contributed by atoms with Gasteiger partial charge in [0.15, 0.2) is 4.80 Å². The zero-order valence-corrected chi connectivity index (χ0v) is 14.7. The molecule has 0 unspecified atom stereocenters. The Hall–Kier alpha value is -3.33. The van der Waals surface area contributed by atoms with Crippen LogP contribution in [0.2, 0.25) is 0 Å². The van der Waals surface area contributed by atoms with E-state index < -0.39 is 4.92 Å². The standard InChI is InChI=1S/C18H13FN4O3S/c19-13-4-2-5-14(9-13)21-10-20-18-22(11-21)17(24)16(27-18)8-12-3-1-6-15(7-12)23(25)26/h1-9H,10-11H2. The predicted octanol–water partition coefficient (Wildman–Crippen LogP) is 1.84. The Morgan fingerprint density at radius 2 is 2.04 bits per heavy atom. The van der Waals surface area contributed by atoms with Gasteiger partial charge in [0.05, 0.1) is 9.46 Å². The number of fused-ring (bicyclic) bond motifs is 1. The summed E-state index contributed by atoms with van der Waals surface area (Å²) in [6.07, 6.45) is 1.62. The fourth-order valence-electron chi connectivity index (χ4n) is 2.83.